The van der Waals surface area contributed by atoms with Crippen LogP contribution in [-0.4, -0.2) is 25.0 Å². The van der Waals surface area contributed by atoms with E-state index in [2.05, 4.69) is 54.1 Å². The summed E-state index contributed by atoms with van der Waals surface area (Å²) in [5.74, 6) is 0.128. The topological polar surface area (TPSA) is 70.2 Å². The van der Waals surface area contributed by atoms with E-state index in [1.54, 1.807) is 11.3 Å². The van der Waals surface area contributed by atoms with Gasteiger partial charge in [-0.2, -0.15) is 0 Å². The van der Waals surface area contributed by atoms with Crippen molar-refractivity contribution in [2.24, 2.45) is 0 Å². The summed E-state index contributed by atoms with van der Waals surface area (Å²) in [6.45, 7) is 6.90. The van der Waals surface area contributed by atoms with Crippen LogP contribution in [0.25, 0.3) is 0 Å². The Balaban J connectivity index is 2.02. The molecule has 0 saturated heterocycles. The van der Waals surface area contributed by atoms with Gasteiger partial charge in [-0.1, -0.05) is 51.1 Å². The number of rotatable bonds is 8. The van der Waals surface area contributed by atoms with Crippen molar-refractivity contribution in [1.29, 1.82) is 0 Å². The molecule has 6 heteroatoms. The normalized spacial score (nSPS) is 12.0. The molecule has 26 heavy (non-hydrogen) atoms. The molecule has 0 radical (unpaired) electrons. The lowest BCUT2D eigenvalue weighted by molar-refractivity contribution is -0.119. The standard InChI is InChI=1S/C20H27N3O2S/c1-4-11-21-20(25)23-18(24)13-22-19(17-6-5-12-26-17)16-9-7-15(8-10-16)14(2)3/h5-10,12,14,19,22H,4,11,13H2,1-3H3,(H2,21,23,24,25)/t19-/m0/s1. The molecule has 0 fully saturated rings. The molecular weight excluding hydrogens is 346 g/mol. The molecule has 1 heterocycles. The minimum absolute atomic E-state index is 0.0635. The van der Waals surface area contributed by atoms with Gasteiger partial charge in [-0.05, 0) is 34.9 Å². The molecule has 1 aromatic heterocycles. The number of carbonyl (C=O) groups excluding carboxylic acids is 2. The van der Waals surface area contributed by atoms with E-state index in [9.17, 15) is 9.59 Å². The van der Waals surface area contributed by atoms with Crippen molar-refractivity contribution in [3.63, 3.8) is 0 Å². The number of urea groups is 1. The van der Waals surface area contributed by atoms with Crippen LogP contribution in [0.4, 0.5) is 4.79 Å². The Morgan fingerprint density at radius 3 is 2.35 bits per heavy atom. The highest BCUT2D eigenvalue weighted by Crippen LogP contribution is 2.27. The van der Waals surface area contributed by atoms with E-state index in [0.29, 0.717) is 12.5 Å². The fraction of sp³-hybridized carbons (Fsp3) is 0.400. The average molecular weight is 374 g/mol. The summed E-state index contributed by atoms with van der Waals surface area (Å²) >= 11 is 1.64. The maximum atomic E-state index is 12.0. The highest BCUT2D eigenvalue weighted by Gasteiger charge is 2.17. The lowest BCUT2D eigenvalue weighted by Crippen LogP contribution is -2.44. The van der Waals surface area contributed by atoms with Crippen LogP contribution in [-0.2, 0) is 4.79 Å². The largest absolute Gasteiger partial charge is 0.338 e. The zero-order valence-electron chi connectivity index (χ0n) is 15.5. The number of imide groups is 1. The molecule has 0 aliphatic carbocycles. The number of amides is 3. The van der Waals surface area contributed by atoms with E-state index >= 15 is 0 Å². The first-order chi connectivity index (χ1) is 12.5. The summed E-state index contributed by atoms with van der Waals surface area (Å²) in [6, 6.07) is 12.0. The lowest BCUT2D eigenvalue weighted by Gasteiger charge is -2.19. The summed E-state index contributed by atoms with van der Waals surface area (Å²) in [6.07, 6.45) is 0.826. The van der Waals surface area contributed by atoms with Gasteiger partial charge in [0.1, 0.15) is 0 Å². The van der Waals surface area contributed by atoms with Gasteiger partial charge < -0.3 is 5.32 Å². The van der Waals surface area contributed by atoms with E-state index in [0.717, 1.165) is 16.9 Å². The van der Waals surface area contributed by atoms with E-state index in [1.807, 2.05) is 24.4 Å². The molecule has 140 valence electrons. The fourth-order valence-electron chi connectivity index (χ4n) is 2.56. The zero-order valence-corrected chi connectivity index (χ0v) is 16.4. The number of nitrogens with one attached hydrogen (secondary N) is 3. The minimum Gasteiger partial charge on any atom is -0.338 e. The van der Waals surface area contributed by atoms with Crippen LogP contribution >= 0.6 is 11.3 Å². The van der Waals surface area contributed by atoms with Crippen LogP contribution in [0, 0.1) is 0 Å². The molecule has 1 aromatic carbocycles. The van der Waals surface area contributed by atoms with E-state index in [-0.39, 0.29) is 18.5 Å². The van der Waals surface area contributed by atoms with Crippen LogP contribution in [0.5, 0.6) is 0 Å². The number of benzene rings is 1. The van der Waals surface area contributed by atoms with Crippen LogP contribution in [0.1, 0.15) is 55.2 Å². The van der Waals surface area contributed by atoms with Gasteiger partial charge in [0.15, 0.2) is 0 Å². The van der Waals surface area contributed by atoms with Crippen LogP contribution in [0.15, 0.2) is 41.8 Å². The van der Waals surface area contributed by atoms with Gasteiger partial charge in [-0.3, -0.25) is 15.4 Å². The summed E-state index contributed by atoms with van der Waals surface area (Å²) in [5.41, 5.74) is 2.38. The van der Waals surface area contributed by atoms with Crippen molar-refractivity contribution in [3.8, 4) is 0 Å². The third-order valence-electron chi connectivity index (χ3n) is 4.02. The Morgan fingerprint density at radius 1 is 1.08 bits per heavy atom. The van der Waals surface area contributed by atoms with Gasteiger partial charge in [0, 0.05) is 11.4 Å². The summed E-state index contributed by atoms with van der Waals surface area (Å²) in [7, 11) is 0. The second-order valence-electron chi connectivity index (χ2n) is 6.45. The van der Waals surface area contributed by atoms with Crippen LogP contribution in [0.3, 0.4) is 0 Å². The number of thiophene rings is 1. The van der Waals surface area contributed by atoms with Crippen molar-refractivity contribution < 1.29 is 9.59 Å². The number of hydrogen-bond acceptors (Lipinski definition) is 4. The Morgan fingerprint density at radius 2 is 1.77 bits per heavy atom. The summed E-state index contributed by atoms with van der Waals surface area (Å²) < 4.78 is 0. The molecule has 5 nitrogen and oxygen atoms in total. The van der Waals surface area contributed by atoms with Crippen molar-refractivity contribution >= 4 is 23.3 Å². The molecule has 0 unspecified atom stereocenters. The van der Waals surface area contributed by atoms with Gasteiger partial charge in [-0.25, -0.2) is 4.79 Å². The predicted octanol–water partition coefficient (Wildman–Crippen LogP) is 3.79. The molecule has 0 saturated carbocycles. The number of hydrogen-bond donors (Lipinski definition) is 3. The maximum Gasteiger partial charge on any atom is 0.321 e. The maximum absolute atomic E-state index is 12.0. The Hall–Kier alpha value is -2.18. The fourth-order valence-corrected chi connectivity index (χ4v) is 3.39. The molecule has 3 N–H and O–H groups in total. The lowest BCUT2D eigenvalue weighted by atomic mass is 9.98. The second kappa shape index (κ2) is 10.1. The Kier molecular flexibility index (Phi) is 7.81. The zero-order chi connectivity index (χ0) is 18.9. The highest BCUT2D eigenvalue weighted by molar-refractivity contribution is 7.10. The van der Waals surface area contributed by atoms with Crippen molar-refractivity contribution in [1.82, 2.24) is 16.0 Å². The third kappa shape index (κ3) is 5.97. The Bertz CT molecular complexity index is 696. The first kappa shape index (κ1) is 20.1. The van der Waals surface area contributed by atoms with Gasteiger partial charge >= 0.3 is 6.03 Å². The first-order valence-electron chi connectivity index (χ1n) is 8.95. The Labute approximate surface area is 159 Å². The van der Waals surface area contributed by atoms with Crippen LogP contribution in [0.2, 0.25) is 0 Å². The van der Waals surface area contributed by atoms with Crippen LogP contribution < -0.4 is 16.0 Å². The SMILES string of the molecule is CCCNC(=O)NC(=O)CN[C@@H](c1ccc(C(C)C)cc1)c1cccs1. The smallest absolute Gasteiger partial charge is 0.321 e. The van der Waals surface area contributed by atoms with Crippen molar-refractivity contribution in [2.75, 3.05) is 13.1 Å². The first-order valence-corrected chi connectivity index (χ1v) is 9.83. The van der Waals surface area contributed by atoms with Gasteiger partial charge in [0.2, 0.25) is 5.91 Å². The molecular formula is C20H27N3O2S. The van der Waals surface area contributed by atoms with E-state index in [4.69, 9.17) is 0 Å². The second-order valence-corrected chi connectivity index (χ2v) is 7.43. The van der Waals surface area contributed by atoms with Crippen molar-refractivity contribution in [3.05, 3.63) is 57.8 Å². The highest BCUT2D eigenvalue weighted by atomic mass is 32.1. The molecule has 1 atom stereocenters. The number of carbonyl (C=O) groups is 2. The molecule has 0 aliphatic rings. The van der Waals surface area contributed by atoms with E-state index in [1.165, 1.54) is 5.56 Å². The summed E-state index contributed by atoms with van der Waals surface area (Å²) in [5, 5.41) is 10.3. The predicted molar refractivity (Wildman–Crippen MR) is 107 cm³/mol. The molecule has 3 amide bonds. The molecule has 0 aliphatic heterocycles. The molecule has 2 aromatic rings. The monoisotopic (exact) mass is 373 g/mol. The molecule has 2 rings (SSSR count). The molecule has 0 bridgehead atoms. The van der Waals surface area contributed by atoms with Gasteiger partial charge in [-0.15, -0.1) is 11.3 Å². The van der Waals surface area contributed by atoms with E-state index < -0.39 is 6.03 Å². The van der Waals surface area contributed by atoms with Crippen molar-refractivity contribution in [2.45, 2.75) is 39.2 Å². The molecule has 0 spiro atoms. The minimum atomic E-state index is -0.451. The quantitative estimate of drug-likeness (QED) is 0.659. The third-order valence-corrected chi connectivity index (χ3v) is 4.96. The van der Waals surface area contributed by atoms with Gasteiger partial charge in [0.25, 0.3) is 0 Å². The summed E-state index contributed by atoms with van der Waals surface area (Å²) in [4.78, 5) is 24.8. The van der Waals surface area contributed by atoms with Gasteiger partial charge in [0.05, 0.1) is 12.6 Å². The average Bonchev–Trinajstić information content (AvgIpc) is 3.15.